The first-order chi connectivity index (χ1) is 10.5. The lowest BCUT2D eigenvalue weighted by Gasteiger charge is -2.09. The van der Waals surface area contributed by atoms with E-state index in [9.17, 15) is 9.90 Å². The smallest absolute Gasteiger partial charge is 0.336 e. The summed E-state index contributed by atoms with van der Waals surface area (Å²) in [6, 6.07) is 12.6. The largest absolute Gasteiger partial charge is 0.497 e. The van der Waals surface area contributed by atoms with E-state index in [0.717, 1.165) is 16.9 Å². The van der Waals surface area contributed by atoms with Gasteiger partial charge in [0.25, 0.3) is 0 Å². The van der Waals surface area contributed by atoms with E-state index in [1.54, 1.807) is 44.6 Å². The molecule has 0 atom stereocenters. The number of hydrogen-bond donors (Lipinski definition) is 1. The van der Waals surface area contributed by atoms with Gasteiger partial charge in [-0.2, -0.15) is 0 Å². The minimum atomic E-state index is -0.968. The van der Waals surface area contributed by atoms with Crippen LogP contribution in [-0.2, 0) is 4.79 Å². The van der Waals surface area contributed by atoms with E-state index in [4.69, 9.17) is 9.47 Å². The Labute approximate surface area is 129 Å². The molecule has 0 aliphatic carbocycles. The minimum Gasteiger partial charge on any atom is -0.497 e. The van der Waals surface area contributed by atoms with Crippen molar-refractivity contribution in [1.82, 2.24) is 0 Å². The molecule has 0 aromatic heterocycles. The number of carboxylic acids is 1. The van der Waals surface area contributed by atoms with Crippen molar-refractivity contribution in [2.45, 2.75) is 6.92 Å². The van der Waals surface area contributed by atoms with Crippen molar-refractivity contribution in [2.24, 2.45) is 0 Å². The van der Waals surface area contributed by atoms with Crippen molar-refractivity contribution in [3.8, 4) is 11.5 Å². The lowest BCUT2D eigenvalue weighted by molar-refractivity contribution is -0.130. The van der Waals surface area contributed by atoms with Crippen LogP contribution in [0.2, 0.25) is 0 Å². The van der Waals surface area contributed by atoms with E-state index < -0.39 is 5.97 Å². The number of benzene rings is 2. The number of carboxylic acid groups (broad SMARTS) is 1. The van der Waals surface area contributed by atoms with Crippen molar-refractivity contribution in [2.75, 3.05) is 14.2 Å². The maximum atomic E-state index is 11.6. The van der Waals surface area contributed by atoms with Crippen LogP contribution in [0.5, 0.6) is 11.5 Å². The van der Waals surface area contributed by atoms with Crippen molar-refractivity contribution in [1.29, 1.82) is 0 Å². The standard InChI is InChI=1S/C18H18O4/c1-12-10-15(22-3)8-9-16(12)17(18(19)20)11-13-4-6-14(21-2)7-5-13/h4-11H,1-3H3,(H,19,20)/b17-11-. The van der Waals surface area contributed by atoms with Gasteiger partial charge >= 0.3 is 5.97 Å². The molecule has 0 radical (unpaired) electrons. The Bertz CT molecular complexity index is 700. The third-order valence-corrected chi connectivity index (χ3v) is 3.38. The second kappa shape index (κ2) is 6.80. The summed E-state index contributed by atoms with van der Waals surface area (Å²) in [4.78, 5) is 11.6. The number of carbonyl (C=O) groups is 1. The van der Waals surface area contributed by atoms with Gasteiger partial charge in [0.1, 0.15) is 11.5 Å². The molecule has 2 aromatic rings. The molecular weight excluding hydrogens is 280 g/mol. The highest BCUT2D eigenvalue weighted by Crippen LogP contribution is 2.26. The second-order valence-corrected chi connectivity index (χ2v) is 4.82. The first-order valence-corrected chi connectivity index (χ1v) is 6.79. The second-order valence-electron chi connectivity index (χ2n) is 4.82. The number of ether oxygens (including phenoxy) is 2. The highest BCUT2D eigenvalue weighted by atomic mass is 16.5. The predicted octanol–water partition coefficient (Wildman–Crippen LogP) is 3.64. The summed E-state index contributed by atoms with van der Waals surface area (Å²) in [6.45, 7) is 1.86. The number of hydrogen-bond acceptors (Lipinski definition) is 3. The fourth-order valence-electron chi connectivity index (χ4n) is 2.19. The molecule has 0 amide bonds. The lowest BCUT2D eigenvalue weighted by Crippen LogP contribution is -2.02. The van der Waals surface area contributed by atoms with Crippen LogP contribution in [-0.4, -0.2) is 25.3 Å². The predicted molar refractivity (Wildman–Crippen MR) is 86.2 cm³/mol. The van der Waals surface area contributed by atoms with Gasteiger partial charge < -0.3 is 14.6 Å². The normalized spacial score (nSPS) is 11.1. The number of aryl methyl sites for hydroxylation is 1. The van der Waals surface area contributed by atoms with Gasteiger partial charge in [0.05, 0.1) is 19.8 Å². The Morgan fingerprint density at radius 3 is 2.09 bits per heavy atom. The van der Waals surface area contributed by atoms with E-state index in [1.165, 1.54) is 0 Å². The van der Waals surface area contributed by atoms with E-state index in [1.807, 2.05) is 25.1 Å². The zero-order valence-corrected chi connectivity index (χ0v) is 12.8. The average Bonchev–Trinajstić information content (AvgIpc) is 2.53. The molecule has 4 heteroatoms. The van der Waals surface area contributed by atoms with E-state index in [0.29, 0.717) is 11.3 Å². The summed E-state index contributed by atoms with van der Waals surface area (Å²) in [5.74, 6) is 0.467. The van der Waals surface area contributed by atoms with E-state index >= 15 is 0 Å². The van der Waals surface area contributed by atoms with Gasteiger partial charge in [0, 0.05) is 0 Å². The first kappa shape index (κ1) is 15.6. The monoisotopic (exact) mass is 298 g/mol. The Kier molecular flexibility index (Phi) is 4.84. The molecule has 0 aliphatic heterocycles. The number of rotatable bonds is 5. The van der Waals surface area contributed by atoms with Crippen molar-refractivity contribution >= 4 is 17.6 Å². The van der Waals surface area contributed by atoms with Crippen LogP contribution in [0.1, 0.15) is 16.7 Å². The third kappa shape index (κ3) is 3.47. The molecule has 0 saturated heterocycles. The number of aliphatic carboxylic acids is 1. The molecule has 0 aliphatic rings. The molecule has 0 spiro atoms. The molecule has 1 N–H and O–H groups in total. The SMILES string of the molecule is COc1ccc(/C=C(\C(=O)O)c2ccc(OC)cc2C)cc1. The van der Waals surface area contributed by atoms with Crippen LogP contribution >= 0.6 is 0 Å². The van der Waals surface area contributed by atoms with Gasteiger partial charge in [-0.3, -0.25) is 0 Å². The van der Waals surface area contributed by atoms with Gasteiger partial charge in [-0.15, -0.1) is 0 Å². The summed E-state index contributed by atoms with van der Waals surface area (Å²) >= 11 is 0. The fraction of sp³-hybridized carbons (Fsp3) is 0.167. The van der Waals surface area contributed by atoms with Crippen LogP contribution in [0.15, 0.2) is 42.5 Å². The topological polar surface area (TPSA) is 55.8 Å². The van der Waals surface area contributed by atoms with Crippen LogP contribution in [0.4, 0.5) is 0 Å². The summed E-state index contributed by atoms with van der Waals surface area (Å²) < 4.78 is 10.3. The molecule has 0 saturated carbocycles. The maximum absolute atomic E-state index is 11.6. The quantitative estimate of drug-likeness (QED) is 0.676. The molecule has 4 nitrogen and oxygen atoms in total. The van der Waals surface area contributed by atoms with Crippen molar-refractivity contribution < 1.29 is 19.4 Å². The summed E-state index contributed by atoms with van der Waals surface area (Å²) in [5, 5.41) is 9.52. The average molecular weight is 298 g/mol. The molecular formula is C18H18O4. The van der Waals surface area contributed by atoms with Crippen LogP contribution < -0.4 is 9.47 Å². The van der Waals surface area contributed by atoms with Gasteiger partial charge in [-0.25, -0.2) is 4.79 Å². The molecule has 2 aromatic carbocycles. The Morgan fingerprint density at radius 1 is 1.00 bits per heavy atom. The van der Waals surface area contributed by atoms with Crippen LogP contribution in [0, 0.1) is 6.92 Å². The zero-order valence-electron chi connectivity index (χ0n) is 12.8. The van der Waals surface area contributed by atoms with E-state index in [-0.39, 0.29) is 5.57 Å². The Hall–Kier alpha value is -2.75. The summed E-state index contributed by atoms with van der Waals surface area (Å²) in [5.41, 5.74) is 2.56. The lowest BCUT2D eigenvalue weighted by atomic mass is 9.98. The summed E-state index contributed by atoms with van der Waals surface area (Å²) in [7, 11) is 3.17. The first-order valence-electron chi connectivity index (χ1n) is 6.79. The molecule has 0 heterocycles. The third-order valence-electron chi connectivity index (χ3n) is 3.38. The van der Waals surface area contributed by atoms with Gasteiger partial charge in [0.15, 0.2) is 0 Å². The van der Waals surface area contributed by atoms with E-state index in [2.05, 4.69) is 0 Å². The van der Waals surface area contributed by atoms with Crippen molar-refractivity contribution in [3.63, 3.8) is 0 Å². The minimum absolute atomic E-state index is 0.241. The molecule has 0 fully saturated rings. The zero-order chi connectivity index (χ0) is 16.1. The Balaban J connectivity index is 2.45. The van der Waals surface area contributed by atoms with Crippen LogP contribution in [0.3, 0.4) is 0 Å². The van der Waals surface area contributed by atoms with Gasteiger partial charge in [-0.05, 0) is 54.0 Å². The maximum Gasteiger partial charge on any atom is 0.336 e. The number of methoxy groups -OCH3 is 2. The van der Waals surface area contributed by atoms with Gasteiger partial charge in [0.2, 0.25) is 0 Å². The van der Waals surface area contributed by atoms with Gasteiger partial charge in [-0.1, -0.05) is 18.2 Å². The molecule has 2 rings (SSSR count). The highest BCUT2D eigenvalue weighted by Gasteiger charge is 2.13. The van der Waals surface area contributed by atoms with Crippen molar-refractivity contribution in [3.05, 3.63) is 59.2 Å². The molecule has 114 valence electrons. The molecule has 22 heavy (non-hydrogen) atoms. The molecule has 0 bridgehead atoms. The molecule has 0 unspecified atom stereocenters. The fourth-order valence-corrected chi connectivity index (χ4v) is 2.19. The Morgan fingerprint density at radius 2 is 1.59 bits per heavy atom. The summed E-state index contributed by atoms with van der Waals surface area (Å²) in [6.07, 6.45) is 1.65. The van der Waals surface area contributed by atoms with Crippen LogP contribution in [0.25, 0.3) is 11.6 Å². The highest BCUT2D eigenvalue weighted by molar-refractivity contribution is 6.21.